The highest BCUT2D eigenvalue weighted by molar-refractivity contribution is 5.66. The van der Waals surface area contributed by atoms with E-state index in [1.54, 1.807) is 6.07 Å². The van der Waals surface area contributed by atoms with E-state index in [-0.39, 0.29) is 12.3 Å². The molecule has 2 atom stereocenters. The van der Waals surface area contributed by atoms with Crippen LogP contribution in [0.5, 0.6) is 5.75 Å². The summed E-state index contributed by atoms with van der Waals surface area (Å²) in [6.07, 6.45) is 5.70. The van der Waals surface area contributed by atoms with Gasteiger partial charge in [0, 0.05) is 32.0 Å². The summed E-state index contributed by atoms with van der Waals surface area (Å²) >= 11 is 0. The van der Waals surface area contributed by atoms with Gasteiger partial charge in [-0.3, -0.25) is 9.69 Å². The Labute approximate surface area is 160 Å². The van der Waals surface area contributed by atoms with Gasteiger partial charge in [-0.15, -0.1) is 0 Å². The van der Waals surface area contributed by atoms with Crippen LogP contribution >= 0.6 is 0 Å². The predicted octanol–water partition coefficient (Wildman–Crippen LogP) is 4.42. The van der Waals surface area contributed by atoms with Crippen molar-refractivity contribution in [2.75, 3.05) is 13.1 Å². The van der Waals surface area contributed by atoms with Crippen molar-refractivity contribution < 1.29 is 15.0 Å². The fourth-order valence-corrected chi connectivity index (χ4v) is 3.92. The van der Waals surface area contributed by atoms with Gasteiger partial charge in [-0.25, -0.2) is 0 Å². The van der Waals surface area contributed by atoms with E-state index in [1.165, 1.54) is 5.56 Å². The molecule has 1 saturated heterocycles. The van der Waals surface area contributed by atoms with Crippen LogP contribution in [0.15, 0.2) is 66.7 Å². The van der Waals surface area contributed by atoms with Crippen LogP contribution in [0.1, 0.15) is 36.3 Å². The van der Waals surface area contributed by atoms with Gasteiger partial charge in [0.05, 0.1) is 0 Å². The third-order valence-electron chi connectivity index (χ3n) is 5.23. The molecule has 27 heavy (non-hydrogen) atoms. The van der Waals surface area contributed by atoms with E-state index < -0.39 is 5.97 Å². The zero-order chi connectivity index (χ0) is 19.1. The van der Waals surface area contributed by atoms with E-state index in [2.05, 4.69) is 35.2 Å². The third kappa shape index (κ3) is 5.44. The number of aromatic hydroxyl groups is 1. The normalized spacial score (nSPS) is 20.3. The van der Waals surface area contributed by atoms with E-state index in [1.807, 2.05) is 30.3 Å². The molecule has 0 amide bonds. The molecule has 0 saturated carbocycles. The molecular formula is C23H27NO3. The number of phenolic OH excluding ortho intramolecular Hbond substituents is 1. The molecule has 2 aromatic rings. The van der Waals surface area contributed by atoms with Gasteiger partial charge >= 0.3 is 5.97 Å². The SMILES string of the molecule is O=C(O)CCC=CC[C@@H]1CN(Cc2ccccc2)C[C@@H]1c1ccccc1O. The second-order valence-corrected chi connectivity index (χ2v) is 7.24. The smallest absolute Gasteiger partial charge is 0.303 e. The maximum absolute atomic E-state index is 10.6. The van der Waals surface area contributed by atoms with Gasteiger partial charge in [0.2, 0.25) is 0 Å². The monoisotopic (exact) mass is 365 g/mol. The van der Waals surface area contributed by atoms with Gasteiger partial charge in [-0.2, -0.15) is 0 Å². The molecule has 0 aromatic heterocycles. The van der Waals surface area contributed by atoms with Crippen LogP contribution in [0.25, 0.3) is 0 Å². The summed E-state index contributed by atoms with van der Waals surface area (Å²) in [6, 6.07) is 18.1. The van der Waals surface area contributed by atoms with Gasteiger partial charge in [0.25, 0.3) is 0 Å². The summed E-state index contributed by atoms with van der Waals surface area (Å²) in [4.78, 5) is 13.1. The molecule has 0 bridgehead atoms. The lowest BCUT2D eigenvalue weighted by atomic mass is 9.86. The zero-order valence-corrected chi connectivity index (χ0v) is 15.5. The van der Waals surface area contributed by atoms with Crippen LogP contribution < -0.4 is 0 Å². The summed E-state index contributed by atoms with van der Waals surface area (Å²) < 4.78 is 0. The van der Waals surface area contributed by atoms with Crippen molar-refractivity contribution >= 4 is 5.97 Å². The molecule has 4 heteroatoms. The lowest BCUT2D eigenvalue weighted by Crippen LogP contribution is -2.20. The van der Waals surface area contributed by atoms with E-state index in [9.17, 15) is 9.90 Å². The lowest BCUT2D eigenvalue weighted by Gasteiger charge is -2.18. The molecule has 1 fully saturated rings. The number of carboxylic acid groups (broad SMARTS) is 1. The Hall–Kier alpha value is -2.59. The standard InChI is InChI=1S/C23H27NO3/c25-22-13-8-7-12-20(22)21-17-24(15-18-9-3-1-4-10-18)16-19(21)11-5-2-6-14-23(26)27/h1-5,7-10,12-13,19,21,25H,6,11,14-17H2,(H,26,27)/t19-,21+/m1/s1. The lowest BCUT2D eigenvalue weighted by molar-refractivity contribution is -0.136. The second-order valence-electron chi connectivity index (χ2n) is 7.24. The van der Waals surface area contributed by atoms with Gasteiger partial charge in [-0.1, -0.05) is 60.7 Å². The van der Waals surface area contributed by atoms with Crippen LogP contribution in [-0.4, -0.2) is 34.2 Å². The molecule has 2 aromatic carbocycles. The maximum Gasteiger partial charge on any atom is 0.303 e. The maximum atomic E-state index is 10.6. The molecule has 1 heterocycles. The average Bonchev–Trinajstić information content (AvgIpc) is 3.05. The first-order chi connectivity index (χ1) is 13.1. The Kier molecular flexibility index (Phi) is 6.66. The van der Waals surface area contributed by atoms with Crippen molar-refractivity contribution in [3.05, 3.63) is 77.9 Å². The number of carbonyl (C=O) groups is 1. The zero-order valence-electron chi connectivity index (χ0n) is 15.5. The molecule has 142 valence electrons. The van der Waals surface area contributed by atoms with E-state index in [0.717, 1.165) is 31.6 Å². The van der Waals surface area contributed by atoms with E-state index in [4.69, 9.17) is 5.11 Å². The van der Waals surface area contributed by atoms with Crippen molar-refractivity contribution in [3.8, 4) is 5.75 Å². The molecule has 2 N–H and O–H groups in total. The summed E-state index contributed by atoms with van der Waals surface area (Å²) in [7, 11) is 0. The Balaban J connectivity index is 1.69. The Morgan fingerprint density at radius 3 is 2.52 bits per heavy atom. The van der Waals surface area contributed by atoms with Gasteiger partial charge in [0.1, 0.15) is 5.75 Å². The van der Waals surface area contributed by atoms with Gasteiger partial charge in [-0.05, 0) is 36.0 Å². The van der Waals surface area contributed by atoms with Crippen molar-refractivity contribution in [2.45, 2.75) is 31.7 Å². The van der Waals surface area contributed by atoms with Crippen molar-refractivity contribution in [3.63, 3.8) is 0 Å². The Bertz CT molecular complexity index is 772. The fraction of sp³-hybridized carbons (Fsp3) is 0.348. The number of hydrogen-bond acceptors (Lipinski definition) is 3. The van der Waals surface area contributed by atoms with E-state index in [0.29, 0.717) is 18.1 Å². The molecule has 0 radical (unpaired) electrons. The topological polar surface area (TPSA) is 60.8 Å². The van der Waals surface area contributed by atoms with E-state index >= 15 is 0 Å². The second kappa shape index (κ2) is 9.38. The molecule has 0 unspecified atom stereocenters. The molecule has 4 nitrogen and oxygen atoms in total. The van der Waals surface area contributed by atoms with Gasteiger partial charge in [0.15, 0.2) is 0 Å². The number of phenols is 1. The third-order valence-corrected chi connectivity index (χ3v) is 5.23. The molecule has 0 aliphatic carbocycles. The van der Waals surface area contributed by atoms with Crippen LogP contribution in [-0.2, 0) is 11.3 Å². The van der Waals surface area contributed by atoms with Crippen LogP contribution in [0.4, 0.5) is 0 Å². The number of nitrogens with zero attached hydrogens (tertiary/aromatic N) is 1. The average molecular weight is 365 g/mol. The highest BCUT2D eigenvalue weighted by atomic mass is 16.4. The number of hydrogen-bond donors (Lipinski definition) is 2. The minimum Gasteiger partial charge on any atom is -0.508 e. The molecule has 1 aliphatic heterocycles. The fourth-order valence-electron chi connectivity index (χ4n) is 3.92. The van der Waals surface area contributed by atoms with Crippen molar-refractivity contribution in [1.82, 2.24) is 4.90 Å². The summed E-state index contributed by atoms with van der Waals surface area (Å²) in [5.74, 6) is 0.285. The predicted molar refractivity (Wildman–Crippen MR) is 107 cm³/mol. The molecular weight excluding hydrogens is 338 g/mol. The first kappa shape index (κ1) is 19.2. The number of benzene rings is 2. The van der Waals surface area contributed by atoms with Crippen LogP contribution in [0.3, 0.4) is 0 Å². The van der Waals surface area contributed by atoms with Crippen LogP contribution in [0.2, 0.25) is 0 Å². The first-order valence-electron chi connectivity index (χ1n) is 9.54. The highest BCUT2D eigenvalue weighted by Crippen LogP contribution is 2.39. The number of carboxylic acids is 1. The number of allylic oxidation sites excluding steroid dienone is 2. The quantitative estimate of drug-likeness (QED) is 0.680. The number of likely N-dealkylation sites (tertiary alicyclic amines) is 1. The summed E-state index contributed by atoms with van der Waals surface area (Å²) in [5.41, 5.74) is 2.31. The summed E-state index contributed by atoms with van der Waals surface area (Å²) in [6.45, 7) is 2.79. The number of rotatable bonds is 8. The molecule has 0 spiro atoms. The first-order valence-corrected chi connectivity index (χ1v) is 9.54. The summed E-state index contributed by atoms with van der Waals surface area (Å²) in [5, 5.41) is 19.1. The number of aliphatic carboxylic acids is 1. The Morgan fingerprint density at radius 1 is 1.04 bits per heavy atom. The molecule has 1 aliphatic rings. The van der Waals surface area contributed by atoms with Crippen LogP contribution in [0, 0.1) is 5.92 Å². The van der Waals surface area contributed by atoms with Gasteiger partial charge < -0.3 is 10.2 Å². The highest BCUT2D eigenvalue weighted by Gasteiger charge is 2.34. The Morgan fingerprint density at radius 2 is 1.78 bits per heavy atom. The minimum absolute atomic E-state index is 0.171. The van der Waals surface area contributed by atoms with Crippen molar-refractivity contribution in [2.24, 2.45) is 5.92 Å². The minimum atomic E-state index is -0.762. The largest absolute Gasteiger partial charge is 0.508 e. The van der Waals surface area contributed by atoms with Crippen molar-refractivity contribution in [1.29, 1.82) is 0 Å². The number of para-hydroxylation sites is 1. The molecule has 3 rings (SSSR count).